The monoisotopic (exact) mass is 392 g/mol. The highest BCUT2D eigenvalue weighted by Crippen LogP contribution is 2.31. The average molecular weight is 393 g/mol. The second kappa shape index (κ2) is 6.96. The maximum absolute atomic E-state index is 12.5. The molecule has 0 radical (unpaired) electrons. The minimum Gasteiger partial charge on any atom is -0.312 e. The van der Waals surface area contributed by atoms with Crippen molar-refractivity contribution < 1.29 is 9.59 Å². The number of nitrogens with one attached hydrogen (secondary N) is 1. The summed E-state index contributed by atoms with van der Waals surface area (Å²) < 4.78 is 0. The van der Waals surface area contributed by atoms with Gasteiger partial charge in [-0.2, -0.15) is 0 Å². The Kier molecular flexibility index (Phi) is 5.03. The Labute approximate surface area is 161 Å². The number of hydrogen-bond acceptors (Lipinski definition) is 5. The number of carbonyl (C=O) groups excluding carboxylic acids is 2. The van der Waals surface area contributed by atoms with Crippen LogP contribution in [0.3, 0.4) is 0 Å². The maximum Gasteiger partial charge on any atom is 0.231 e. The lowest BCUT2D eigenvalue weighted by Gasteiger charge is -2.17. The second-order valence-electron chi connectivity index (χ2n) is 7.49. The highest BCUT2D eigenvalue weighted by molar-refractivity contribution is 7.15. The van der Waals surface area contributed by atoms with Gasteiger partial charge in [-0.3, -0.25) is 9.59 Å². The quantitative estimate of drug-likeness (QED) is 0.862. The Hall–Kier alpha value is -1.99. The van der Waals surface area contributed by atoms with E-state index < -0.39 is 5.92 Å². The molecule has 2 aromatic rings. The highest BCUT2D eigenvalue weighted by atomic mass is 35.5. The van der Waals surface area contributed by atoms with Crippen LogP contribution in [0.2, 0.25) is 5.02 Å². The minimum atomic E-state index is -0.426. The number of rotatable bonds is 3. The maximum atomic E-state index is 12.5. The lowest BCUT2D eigenvalue weighted by Crippen LogP contribution is -2.28. The molecule has 0 saturated carbocycles. The van der Waals surface area contributed by atoms with Gasteiger partial charge >= 0.3 is 0 Å². The summed E-state index contributed by atoms with van der Waals surface area (Å²) in [5.41, 5.74) is 1.54. The molecule has 1 fully saturated rings. The van der Waals surface area contributed by atoms with Gasteiger partial charge in [0.15, 0.2) is 0 Å². The van der Waals surface area contributed by atoms with E-state index in [0.29, 0.717) is 22.4 Å². The third-order valence-electron chi connectivity index (χ3n) is 4.26. The molecule has 1 saturated heterocycles. The third kappa shape index (κ3) is 3.88. The molecule has 1 N–H and O–H groups in total. The van der Waals surface area contributed by atoms with Crippen LogP contribution in [0.25, 0.3) is 0 Å². The molecule has 1 aromatic heterocycles. The molecule has 1 aliphatic heterocycles. The third-order valence-corrected chi connectivity index (χ3v) is 5.93. The molecule has 26 heavy (non-hydrogen) atoms. The number of hydrogen-bond donors (Lipinski definition) is 1. The number of aromatic nitrogens is 2. The van der Waals surface area contributed by atoms with Gasteiger partial charge in [-0.25, -0.2) is 0 Å². The van der Waals surface area contributed by atoms with E-state index in [9.17, 15) is 9.59 Å². The highest BCUT2D eigenvalue weighted by Gasteiger charge is 2.35. The van der Waals surface area contributed by atoms with Gasteiger partial charge in [0.05, 0.1) is 5.92 Å². The van der Waals surface area contributed by atoms with Crippen molar-refractivity contribution in [3.63, 3.8) is 0 Å². The summed E-state index contributed by atoms with van der Waals surface area (Å²) in [6.07, 6.45) is 0.169. The predicted molar refractivity (Wildman–Crippen MR) is 104 cm³/mol. The van der Waals surface area contributed by atoms with E-state index in [1.807, 2.05) is 39.8 Å². The van der Waals surface area contributed by atoms with Crippen molar-refractivity contribution >= 4 is 45.6 Å². The molecule has 138 valence electrons. The average Bonchev–Trinajstić information content (AvgIpc) is 3.16. The Morgan fingerprint density at radius 2 is 2.08 bits per heavy atom. The molecular formula is C18H21ClN4O2S. The first kappa shape index (κ1) is 18.8. The van der Waals surface area contributed by atoms with Crippen LogP contribution >= 0.6 is 22.9 Å². The zero-order chi connectivity index (χ0) is 19.1. The van der Waals surface area contributed by atoms with Gasteiger partial charge in [-0.1, -0.05) is 49.8 Å². The van der Waals surface area contributed by atoms with Crippen LogP contribution in [0.4, 0.5) is 10.8 Å². The molecule has 2 heterocycles. The van der Waals surface area contributed by atoms with Crippen molar-refractivity contribution in [3.8, 4) is 0 Å². The van der Waals surface area contributed by atoms with Gasteiger partial charge in [0.25, 0.3) is 0 Å². The summed E-state index contributed by atoms with van der Waals surface area (Å²) in [4.78, 5) is 26.5. The second-order valence-corrected chi connectivity index (χ2v) is 8.88. The summed E-state index contributed by atoms with van der Waals surface area (Å²) in [5, 5.41) is 12.9. The first-order chi connectivity index (χ1) is 12.1. The topological polar surface area (TPSA) is 75.2 Å². The molecule has 3 rings (SSSR count). The Bertz CT molecular complexity index is 859. The van der Waals surface area contributed by atoms with Crippen molar-refractivity contribution in [2.45, 2.75) is 39.5 Å². The van der Waals surface area contributed by atoms with Crippen molar-refractivity contribution in [1.82, 2.24) is 10.2 Å². The summed E-state index contributed by atoms with van der Waals surface area (Å²) in [7, 11) is 0. The predicted octanol–water partition coefficient (Wildman–Crippen LogP) is 3.79. The normalized spacial score (nSPS) is 17.7. The Balaban J connectivity index is 1.69. The van der Waals surface area contributed by atoms with Crippen LogP contribution < -0.4 is 10.2 Å². The van der Waals surface area contributed by atoms with Crippen molar-refractivity contribution in [1.29, 1.82) is 0 Å². The molecule has 2 amide bonds. The molecule has 1 aromatic carbocycles. The fourth-order valence-electron chi connectivity index (χ4n) is 2.67. The SMILES string of the molecule is Cc1ccc(N2CC(C(=O)Nc3nnc(C(C)(C)C)s3)CC2=O)cc1Cl. The molecule has 8 heteroatoms. The first-order valence-corrected chi connectivity index (χ1v) is 9.56. The van der Waals surface area contributed by atoms with E-state index in [1.165, 1.54) is 11.3 Å². The van der Waals surface area contributed by atoms with Crippen molar-refractivity contribution in [2.24, 2.45) is 5.92 Å². The number of benzene rings is 1. The number of nitrogens with zero attached hydrogens (tertiary/aromatic N) is 3. The largest absolute Gasteiger partial charge is 0.312 e. The summed E-state index contributed by atoms with van der Waals surface area (Å²) >= 11 is 7.51. The Morgan fingerprint density at radius 1 is 1.35 bits per heavy atom. The summed E-state index contributed by atoms with van der Waals surface area (Å²) in [5.74, 6) is -0.724. The summed E-state index contributed by atoms with van der Waals surface area (Å²) in [6.45, 7) is 8.36. The molecule has 1 aliphatic rings. The number of halogens is 1. The molecule has 6 nitrogen and oxygen atoms in total. The summed E-state index contributed by atoms with van der Waals surface area (Å²) in [6, 6.07) is 5.47. The van der Waals surface area contributed by atoms with E-state index in [4.69, 9.17) is 11.6 Å². The number of amides is 2. The van der Waals surface area contributed by atoms with Crippen LogP contribution in [0, 0.1) is 12.8 Å². The van der Waals surface area contributed by atoms with Crippen LogP contribution in [0.5, 0.6) is 0 Å². The number of anilines is 2. The van der Waals surface area contributed by atoms with Crippen LogP contribution in [-0.4, -0.2) is 28.6 Å². The lowest BCUT2D eigenvalue weighted by molar-refractivity contribution is -0.122. The van der Waals surface area contributed by atoms with Crippen molar-refractivity contribution in [3.05, 3.63) is 33.8 Å². The van der Waals surface area contributed by atoms with Crippen molar-refractivity contribution in [2.75, 3.05) is 16.8 Å². The van der Waals surface area contributed by atoms with E-state index in [0.717, 1.165) is 10.6 Å². The smallest absolute Gasteiger partial charge is 0.231 e. The Morgan fingerprint density at radius 3 is 2.69 bits per heavy atom. The molecule has 0 spiro atoms. The molecule has 1 atom stereocenters. The van der Waals surface area contributed by atoms with E-state index >= 15 is 0 Å². The first-order valence-electron chi connectivity index (χ1n) is 8.36. The standard InChI is InChI=1S/C18H21ClN4O2S/c1-10-5-6-12(8-13(10)19)23-9-11(7-14(23)24)15(25)20-17-22-21-16(26-17)18(2,3)4/h5-6,8,11H,7,9H2,1-4H3,(H,20,22,25). The van der Waals surface area contributed by atoms with E-state index in [2.05, 4.69) is 15.5 Å². The zero-order valence-corrected chi connectivity index (χ0v) is 16.7. The van der Waals surface area contributed by atoms with Gasteiger partial charge in [0.1, 0.15) is 5.01 Å². The van der Waals surface area contributed by atoms with Gasteiger partial charge in [-0.05, 0) is 24.6 Å². The van der Waals surface area contributed by atoms with E-state index in [-0.39, 0.29) is 23.7 Å². The lowest BCUT2D eigenvalue weighted by atomic mass is 9.98. The van der Waals surface area contributed by atoms with E-state index in [1.54, 1.807) is 11.0 Å². The van der Waals surface area contributed by atoms with Gasteiger partial charge < -0.3 is 10.2 Å². The minimum absolute atomic E-state index is 0.0854. The fraction of sp³-hybridized carbons (Fsp3) is 0.444. The fourth-order valence-corrected chi connectivity index (χ4v) is 3.65. The van der Waals surface area contributed by atoms with Gasteiger partial charge in [0.2, 0.25) is 16.9 Å². The van der Waals surface area contributed by atoms with Gasteiger partial charge in [-0.15, -0.1) is 10.2 Å². The van der Waals surface area contributed by atoms with Crippen LogP contribution in [-0.2, 0) is 15.0 Å². The molecule has 0 aliphatic carbocycles. The number of carbonyl (C=O) groups is 2. The van der Waals surface area contributed by atoms with Crippen LogP contribution in [0.15, 0.2) is 18.2 Å². The molecule has 0 bridgehead atoms. The van der Waals surface area contributed by atoms with Crippen LogP contribution in [0.1, 0.15) is 37.8 Å². The number of aryl methyl sites for hydroxylation is 1. The molecule has 1 unspecified atom stereocenters. The van der Waals surface area contributed by atoms with Gasteiger partial charge in [0, 0.05) is 29.1 Å². The zero-order valence-electron chi connectivity index (χ0n) is 15.2. The molecular weight excluding hydrogens is 372 g/mol.